The van der Waals surface area contributed by atoms with Gasteiger partial charge in [-0.15, -0.1) is 13.2 Å². The van der Waals surface area contributed by atoms with Gasteiger partial charge in [-0.3, -0.25) is 0 Å². The highest BCUT2D eigenvalue weighted by Gasteiger charge is 2.31. The summed E-state index contributed by atoms with van der Waals surface area (Å²) in [6, 6.07) is 5.85. The molecule has 1 unspecified atom stereocenters. The SMILES string of the molecule is CNC(Cc1ccc(OC(F)(F)F)cc1)c1nccn1C. The average Bonchev–Trinajstić information content (AvgIpc) is 2.82. The van der Waals surface area contributed by atoms with Crippen LogP contribution >= 0.6 is 0 Å². The summed E-state index contributed by atoms with van der Waals surface area (Å²) in [5.74, 6) is 0.650. The molecule has 1 aromatic carbocycles. The van der Waals surface area contributed by atoms with Crippen LogP contribution < -0.4 is 10.1 Å². The van der Waals surface area contributed by atoms with Gasteiger partial charge in [-0.2, -0.15) is 0 Å². The van der Waals surface area contributed by atoms with Gasteiger partial charge in [0.15, 0.2) is 0 Å². The fourth-order valence-corrected chi connectivity index (χ4v) is 2.10. The molecular formula is C14H16F3N3O. The normalized spacial score (nSPS) is 13.2. The van der Waals surface area contributed by atoms with Crippen molar-refractivity contribution in [3.8, 4) is 5.75 Å². The van der Waals surface area contributed by atoms with Gasteiger partial charge < -0.3 is 14.6 Å². The van der Waals surface area contributed by atoms with Gasteiger partial charge in [0.25, 0.3) is 0 Å². The van der Waals surface area contributed by atoms with Gasteiger partial charge in [-0.25, -0.2) is 4.98 Å². The van der Waals surface area contributed by atoms with E-state index in [1.165, 1.54) is 12.1 Å². The van der Waals surface area contributed by atoms with Crippen LogP contribution in [0.3, 0.4) is 0 Å². The molecule has 114 valence electrons. The van der Waals surface area contributed by atoms with Gasteiger partial charge >= 0.3 is 6.36 Å². The van der Waals surface area contributed by atoms with Crippen LogP contribution in [-0.4, -0.2) is 23.0 Å². The molecule has 2 rings (SSSR count). The van der Waals surface area contributed by atoms with Crippen LogP contribution in [0.1, 0.15) is 17.4 Å². The first-order valence-corrected chi connectivity index (χ1v) is 6.38. The van der Waals surface area contributed by atoms with Crippen LogP contribution in [0.25, 0.3) is 0 Å². The first-order valence-electron chi connectivity index (χ1n) is 6.38. The molecule has 1 atom stereocenters. The summed E-state index contributed by atoms with van der Waals surface area (Å²) >= 11 is 0. The van der Waals surface area contributed by atoms with Crippen molar-refractivity contribution in [1.82, 2.24) is 14.9 Å². The molecule has 1 aromatic heterocycles. The molecule has 0 aliphatic heterocycles. The molecule has 0 fully saturated rings. The molecule has 0 spiro atoms. The zero-order chi connectivity index (χ0) is 15.5. The van der Waals surface area contributed by atoms with E-state index in [9.17, 15) is 13.2 Å². The third kappa shape index (κ3) is 4.22. The lowest BCUT2D eigenvalue weighted by atomic mass is 10.1. The van der Waals surface area contributed by atoms with E-state index in [1.807, 2.05) is 24.9 Å². The fraction of sp³-hybridized carbons (Fsp3) is 0.357. The number of nitrogens with zero attached hydrogens (tertiary/aromatic N) is 2. The predicted octanol–water partition coefficient (Wildman–Crippen LogP) is 2.82. The minimum atomic E-state index is -4.66. The molecule has 0 radical (unpaired) electrons. The van der Waals surface area contributed by atoms with Crippen molar-refractivity contribution in [3.05, 3.63) is 48.0 Å². The van der Waals surface area contributed by atoms with Crippen molar-refractivity contribution >= 4 is 0 Å². The highest BCUT2D eigenvalue weighted by molar-refractivity contribution is 5.28. The highest BCUT2D eigenvalue weighted by Crippen LogP contribution is 2.24. The van der Waals surface area contributed by atoms with Crippen LogP contribution in [0.5, 0.6) is 5.75 Å². The molecule has 0 saturated carbocycles. The van der Waals surface area contributed by atoms with Gasteiger partial charge in [0.1, 0.15) is 11.6 Å². The van der Waals surface area contributed by atoms with Crippen molar-refractivity contribution in [2.45, 2.75) is 18.8 Å². The van der Waals surface area contributed by atoms with E-state index in [-0.39, 0.29) is 11.8 Å². The van der Waals surface area contributed by atoms with Gasteiger partial charge in [-0.1, -0.05) is 12.1 Å². The van der Waals surface area contributed by atoms with E-state index in [0.29, 0.717) is 6.42 Å². The Labute approximate surface area is 120 Å². The fourth-order valence-electron chi connectivity index (χ4n) is 2.10. The number of ether oxygens (including phenoxy) is 1. The third-order valence-corrected chi connectivity index (χ3v) is 3.12. The number of alkyl halides is 3. The summed E-state index contributed by atoms with van der Waals surface area (Å²) in [7, 11) is 3.72. The number of aromatic nitrogens is 2. The zero-order valence-corrected chi connectivity index (χ0v) is 11.7. The van der Waals surface area contributed by atoms with Crippen LogP contribution in [-0.2, 0) is 13.5 Å². The molecule has 0 aliphatic carbocycles. The largest absolute Gasteiger partial charge is 0.573 e. The lowest BCUT2D eigenvalue weighted by molar-refractivity contribution is -0.274. The second-order valence-electron chi connectivity index (χ2n) is 4.63. The number of halogens is 3. The van der Waals surface area contributed by atoms with Crippen molar-refractivity contribution < 1.29 is 17.9 Å². The first kappa shape index (κ1) is 15.4. The average molecular weight is 299 g/mol. The van der Waals surface area contributed by atoms with Gasteiger partial charge in [0.05, 0.1) is 6.04 Å². The van der Waals surface area contributed by atoms with Gasteiger partial charge in [-0.05, 0) is 31.2 Å². The van der Waals surface area contributed by atoms with Crippen LogP contribution in [0.15, 0.2) is 36.7 Å². The second kappa shape index (κ2) is 6.17. The molecule has 4 nitrogen and oxygen atoms in total. The standard InChI is InChI=1S/C14H16F3N3O/c1-18-12(13-19-7-8-20(13)2)9-10-3-5-11(6-4-10)21-14(15,16)17/h3-8,12,18H,9H2,1-2H3. The third-order valence-electron chi connectivity index (χ3n) is 3.12. The van der Waals surface area contributed by atoms with Crippen molar-refractivity contribution in [3.63, 3.8) is 0 Å². The Balaban J connectivity index is 2.07. The molecule has 0 saturated heterocycles. The second-order valence-corrected chi connectivity index (χ2v) is 4.63. The van der Waals surface area contributed by atoms with Crippen LogP contribution in [0, 0.1) is 0 Å². The number of aryl methyl sites for hydroxylation is 1. The summed E-state index contributed by atoms with van der Waals surface area (Å²) < 4.78 is 42.0. The number of likely N-dealkylation sites (N-methyl/N-ethyl adjacent to an activating group) is 1. The maximum absolute atomic E-state index is 12.1. The predicted molar refractivity (Wildman–Crippen MR) is 71.8 cm³/mol. The Morgan fingerprint density at radius 1 is 1.29 bits per heavy atom. The number of rotatable bonds is 5. The van der Waals surface area contributed by atoms with Crippen molar-refractivity contribution in [2.24, 2.45) is 7.05 Å². The molecule has 2 aromatic rings. The summed E-state index contributed by atoms with van der Waals surface area (Å²) in [5, 5.41) is 3.15. The van der Waals surface area contributed by atoms with Crippen LogP contribution in [0.2, 0.25) is 0 Å². The number of hydrogen-bond acceptors (Lipinski definition) is 3. The van der Waals surface area contributed by atoms with Gasteiger partial charge in [0, 0.05) is 19.4 Å². The molecule has 0 aliphatic rings. The monoisotopic (exact) mass is 299 g/mol. The van der Waals surface area contributed by atoms with Gasteiger partial charge in [0.2, 0.25) is 0 Å². The Hall–Kier alpha value is -2.02. The van der Waals surface area contributed by atoms with E-state index < -0.39 is 6.36 Å². The number of nitrogens with one attached hydrogen (secondary N) is 1. The molecule has 1 heterocycles. The lowest BCUT2D eigenvalue weighted by Crippen LogP contribution is -2.22. The molecule has 0 amide bonds. The minimum absolute atomic E-state index is 0.0145. The first-order chi connectivity index (χ1) is 9.89. The van der Waals surface area contributed by atoms with E-state index in [2.05, 4.69) is 15.0 Å². The minimum Gasteiger partial charge on any atom is -0.406 e. The topological polar surface area (TPSA) is 39.1 Å². The highest BCUT2D eigenvalue weighted by atomic mass is 19.4. The van der Waals surface area contributed by atoms with Crippen molar-refractivity contribution in [1.29, 1.82) is 0 Å². The van der Waals surface area contributed by atoms with Crippen molar-refractivity contribution in [2.75, 3.05) is 7.05 Å². The van der Waals surface area contributed by atoms with E-state index in [4.69, 9.17) is 0 Å². The molecule has 0 bridgehead atoms. The summed E-state index contributed by atoms with van der Waals surface area (Å²) in [5.41, 5.74) is 0.895. The number of benzene rings is 1. The van der Waals surface area contributed by atoms with E-state index >= 15 is 0 Å². The Kier molecular flexibility index (Phi) is 4.52. The number of imidazole rings is 1. The molecule has 7 heteroatoms. The quantitative estimate of drug-likeness (QED) is 0.922. The number of hydrogen-bond donors (Lipinski definition) is 1. The molecule has 21 heavy (non-hydrogen) atoms. The molecule has 1 N–H and O–H groups in total. The summed E-state index contributed by atoms with van der Waals surface area (Å²) in [6.07, 6.45) is -0.491. The Morgan fingerprint density at radius 2 is 1.95 bits per heavy atom. The Morgan fingerprint density at radius 3 is 2.43 bits per heavy atom. The smallest absolute Gasteiger partial charge is 0.406 e. The van der Waals surface area contributed by atoms with E-state index in [1.54, 1.807) is 18.3 Å². The molecular weight excluding hydrogens is 283 g/mol. The maximum atomic E-state index is 12.1. The van der Waals surface area contributed by atoms with Crippen LogP contribution in [0.4, 0.5) is 13.2 Å². The Bertz CT molecular complexity index is 578. The maximum Gasteiger partial charge on any atom is 0.573 e. The zero-order valence-electron chi connectivity index (χ0n) is 11.7. The lowest BCUT2D eigenvalue weighted by Gasteiger charge is -2.16. The summed E-state index contributed by atoms with van der Waals surface area (Å²) in [6.45, 7) is 0. The van der Waals surface area contributed by atoms with E-state index in [0.717, 1.165) is 11.4 Å². The summed E-state index contributed by atoms with van der Waals surface area (Å²) in [4.78, 5) is 4.28.